The van der Waals surface area contributed by atoms with Crippen molar-refractivity contribution in [2.45, 2.75) is 17.9 Å². The van der Waals surface area contributed by atoms with E-state index in [9.17, 15) is 8.42 Å². The minimum absolute atomic E-state index is 0. The fourth-order valence-corrected chi connectivity index (χ4v) is 0.632. The first kappa shape index (κ1) is 12.9. The van der Waals surface area contributed by atoms with E-state index in [2.05, 4.69) is 12.6 Å². The molecule has 0 fully saturated rings. The Bertz CT molecular complexity index is 152. The van der Waals surface area contributed by atoms with Crippen LogP contribution in [0, 0.1) is 0 Å². The molecule has 1 unspecified atom stereocenters. The Balaban J connectivity index is 0. The maximum atomic E-state index is 10.0. The fraction of sp³-hybridized carbons (Fsp3) is 1.00. The molecule has 6 heteroatoms. The normalized spacial score (nSPS) is 14.1. The zero-order valence-electron chi connectivity index (χ0n) is 5.40. The first-order chi connectivity index (χ1) is 3.48. The van der Waals surface area contributed by atoms with Crippen LogP contribution in [-0.2, 0) is 10.1 Å². The van der Waals surface area contributed by atoms with Crippen molar-refractivity contribution in [1.82, 2.24) is 0 Å². The molecule has 3 nitrogen and oxygen atoms in total. The maximum Gasteiger partial charge on any atom is 0.276 e. The van der Waals surface area contributed by atoms with Crippen LogP contribution in [0.3, 0.4) is 0 Å². The van der Waals surface area contributed by atoms with Crippen LogP contribution in [0.5, 0.6) is 0 Å². The van der Waals surface area contributed by atoms with Gasteiger partial charge in [-0.1, -0.05) is 6.92 Å². The molecule has 0 saturated carbocycles. The van der Waals surface area contributed by atoms with Crippen LogP contribution >= 0.6 is 12.6 Å². The second kappa shape index (κ2) is 4.98. The van der Waals surface area contributed by atoms with E-state index in [1.54, 1.807) is 6.92 Å². The number of rotatable bonds is 2. The number of hydrogen-bond donors (Lipinski definition) is 2. The summed E-state index contributed by atoms with van der Waals surface area (Å²) in [7, 11) is -3.89. The van der Waals surface area contributed by atoms with Crippen molar-refractivity contribution in [2.75, 3.05) is 0 Å². The first-order valence-electron chi connectivity index (χ1n) is 2.13. The molecule has 0 rings (SSSR count). The van der Waals surface area contributed by atoms with E-state index in [0.29, 0.717) is 6.42 Å². The minimum Gasteiger partial charge on any atom is -0.285 e. The van der Waals surface area contributed by atoms with Crippen LogP contribution in [0.2, 0.25) is 0 Å². The standard InChI is InChI=1S/C3H8O3S2.Na/c1-2-3(7)8(4,5)6;/h3,7H,2H2,1H3,(H,4,5,6);. The van der Waals surface area contributed by atoms with E-state index in [0.717, 1.165) is 0 Å². The zero-order valence-corrected chi connectivity index (χ0v) is 9.11. The molecule has 1 radical (unpaired) electrons. The van der Waals surface area contributed by atoms with Crippen molar-refractivity contribution in [1.29, 1.82) is 0 Å². The third-order valence-electron chi connectivity index (χ3n) is 0.693. The van der Waals surface area contributed by atoms with E-state index in [1.807, 2.05) is 0 Å². The number of thiol groups is 1. The van der Waals surface area contributed by atoms with Crippen molar-refractivity contribution in [3.8, 4) is 0 Å². The van der Waals surface area contributed by atoms with Gasteiger partial charge in [0.05, 0.1) is 0 Å². The van der Waals surface area contributed by atoms with Crippen LogP contribution in [0.15, 0.2) is 0 Å². The average Bonchev–Trinajstić information content (AvgIpc) is 1.62. The van der Waals surface area contributed by atoms with Crippen molar-refractivity contribution >= 4 is 52.3 Å². The molecule has 1 N–H and O–H groups in total. The summed E-state index contributed by atoms with van der Waals surface area (Å²) < 4.78 is 27.3. The molecule has 0 bridgehead atoms. The van der Waals surface area contributed by atoms with E-state index in [1.165, 1.54) is 0 Å². The van der Waals surface area contributed by atoms with Crippen molar-refractivity contribution in [3.63, 3.8) is 0 Å². The molecule has 0 aliphatic heterocycles. The third-order valence-corrected chi connectivity index (χ3v) is 2.88. The van der Waals surface area contributed by atoms with Crippen LogP contribution < -0.4 is 0 Å². The minimum atomic E-state index is -3.89. The van der Waals surface area contributed by atoms with Crippen molar-refractivity contribution in [2.24, 2.45) is 0 Å². The molecule has 0 heterocycles. The Morgan fingerprint density at radius 3 is 2.00 bits per heavy atom. The van der Waals surface area contributed by atoms with E-state index in [-0.39, 0.29) is 29.6 Å². The zero-order chi connectivity index (χ0) is 6.78. The quantitative estimate of drug-likeness (QED) is 0.360. The van der Waals surface area contributed by atoms with Gasteiger partial charge in [0.15, 0.2) is 0 Å². The Morgan fingerprint density at radius 1 is 1.67 bits per heavy atom. The van der Waals surface area contributed by atoms with E-state index >= 15 is 0 Å². The van der Waals surface area contributed by atoms with Gasteiger partial charge in [-0.3, -0.25) is 4.55 Å². The van der Waals surface area contributed by atoms with Gasteiger partial charge < -0.3 is 0 Å². The SMILES string of the molecule is CCC(S)S(=O)(=O)O.[Na]. The van der Waals surface area contributed by atoms with Gasteiger partial charge in [0.25, 0.3) is 10.1 Å². The monoisotopic (exact) mass is 179 g/mol. The predicted octanol–water partition coefficient (Wildman–Crippen LogP) is 0.159. The molecule has 1 atom stereocenters. The van der Waals surface area contributed by atoms with Gasteiger partial charge in [-0.15, -0.1) is 0 Å². The van der Waals surface area contributed by atoms with Gasteiger partial charge in [-0.25, -0.2) is 0 Å². The molecule has 0 aromatic heterocycles. The smallest absolute Gasteiger partial charge is 0.276 e. The molecule has 0 amide bonds. The molecular weight excluding hydrogens is 171 g/mol. The fourth-order valence-electron chi connectivity index (χ4n) is 0.211. The van der Waals surface area contributed by atoms with E-state index < -0.39 is 14.7 Å². The first-order valence-corrected chi connectivity index (χ1v) is 4.14. The van der Waals surface area contributed by atoms with Crippen molar-refractivity contribution < 1.29 is 13.0 Å². The van der Waals surface area contributed by atoms with Gasteiger partial charge in [-0.2, -0.15) is 21.0 Å². The largest absolute Gasteiger partial charge is 0.285 e. The molecule has 9 heavy (non-hydrogen) atoms. The summed E-state index contributed by atoms with van der Waals surface area (Å²) in [6.45, 7) is 1.63. The van der Waals surface area contributed by atoms with Crippen LogP contribution in [-0.4, -0.2) is 47.1 Å². The topological polar surface area (TPSA) is 54.4 Å². The van der Waals surface area contributed by atoms with Gasteiger partial charge in [-0.05, 0) is 6.42 Å². The molecule has 0 aliphatic carbocycles. The number of hydrogen-bond acceptors (Lipinski definition) is 3. The van der Waals surface area contributed by atoms with Gasteiger partial charge >= 0.3 is 0 Å². The molecule has 0 aromatic carbocycles. The molecule has 0 aromatic rings. The summed E-state index contributed by atoms with van der Waals surface area (Å²) in [5, 5.41) is 0. The summed E-state index contributed by atoms with van der Waals surface area (Å²) in [6, 6.07) is 0. The van der Waals surface area contributed by atoms with Crippen LogP contribution in [0.1, 0.15) is 13.3 Å². The van der Waals surface area contributed by atoms with Gasteiger partial charge in [0.2, 0.25) is 0 Å². The van der Waals surface area contributed by atoms with Gasteiger partial charge in [0.1, 0.15) is 4.58 Å². The Morgan fingerprint density at radius 2 is 2.00 bits per heavy atom. The third kappa shape index (κ3) is 5.69. The average molecular weight is 179 g/mol. The van der Waals surface area contributed by atoms with E-state index in [4.69, 9.17) is 4.55 Å². The Labute approximate surface area is 82.7 Å². The van der Waals surface area contributed by atoms with Crippen molar-refractivity contribution in [3.05, 3.63) is 0 Å². The molecule has 0 aliphatic rings. The second-order valence-electron chi connectivity index (χ2n) is 1.38. The van der Waals surface area contributed by atoms with Gasteiger partial charge in [0, 0.05) is 29.6 Å². The summed E-state index contributed by atoms with van der Waals surface area (Å²) >= 11 is 3.57. The second-order valence-corrected chi connectivity index (χ2v) is 3.95. The molecule has 0 saturated heterocycles. The summed E-state index contributed by atoms with van der Waals surface area (Å²) in [6.07, 6.45) is 0.321. The summed E-state index contributed by atoms with van der Waals surface area (Å²) in [5.74, 6) is 0. The molecule has 51 valence electrons. The maximum absolute atomic E-state index is 10.0. The molecule has 0 spiro atoms. The Kier molecular flexibility index (Phi) is 7.14. The predicted molar refractivity (Wildman–Crippen MR) is 40.4 cm³/mol. The Hall–Kier alpha value is 1.26. The molecular formula is C3H8NaO3S2. The summed E-state index contributed by atoms with van der Waals surface area (Å²) in [4.78, 5) is 0. The van der Waals surface area contributed by atoms with Crippen LogP contribution in [0.4, 0.5) is 0 Å². The van der Waals surface area contributed by atoms with Crippen LogP contribution in [0.25, 0.3) is 0 Å². The summed E-state index contributed by atoms with van der Waals surface area (Å²) in [5.41, 5.74) is 0.